The maximum atomic E-state index is 13.8. The molecule has 0 radical (unpaired) electrons. The van der Waals surface area contributed by atoms with Crippen molar-refractivity contribution in [1.29, 1.82) is 0 Å². The summed E-state index contributed by atoms with van der Waals surface area (Å²) in [5, 5.41) is 2.51. The maximum Gasteiger partial charge on any atom is 0.338 e. The number of hydrogen-bond donors (Lipinski definition) is 1. The van der Waals surface area contributed by atoms with Crippen LogP contribution in [0.4, 0.5) is 8.78 Å². The lowest BCUT2D eigenvalue weighted by molar-refractivity contribution is -0.124. The first-order valence-electron chi connectivity index (χ1n) is 8.91. The SMILES string of the molecule is Cc1nc2ccc(C(=O)OCC(=O)N[C@@H](C)c3ccc(F)cc3F)cc2nc1C. The first kappa shape index (κ1) is 20.3. The first-order valence-corrected chi connectivity index (χ1v) is 8.91. The Morgan fingerprint density at radius 2 is 1.72 bits per heavy atom. The minimum absolute atomic E-state index is 0.129. The molecule has 150 valence electrons. The second-order valence-corrected chi connectivity index (χ2v) is 6.63. The number of esters is 1. The molecule has 0 aliphatic rings. The number of fused-ring (bicyclic) bond motifs is 1. The van der Waals surface area contributed by atoms with Crippen molar-refractivity contribution in [3.63, 3.8) is 0 Å². The summed E-state index contributed by atoms with van der Waals surface area (Å²) in [7, 11) is 0. The van der Waals surface area contributed by atoms with Gasteiger partial charge in [-0.2, -0.15) is 0 Å². The molecular weight excluding hydrogens is 380 g/mol. The van der Waals surface area contributed by atoms with Crippen LogP contribution >= 0.6 is 0 Å². The molecule has 1 N–H and O–H groups in total. The molecule has 2 aromatic carbocycles. The monoisotopic (exact) mass is 399 g/mol. The highest BCUT2D eigenvalue weighted by Crippen LogP contribution is 2.18. The standard InChI is InChI=1S/C21H19F2N3O3/c1-11-12(2)25-19-8-14(4-7-18(19)24-11)21(28)29-10-20(27)26-13(3)16-6-5-15(22)9-17(16)23/h4-9,13H,10H2,1-3H3,(H,26,27)/t13-/m0/s1. The molecule has 1 aromatic heterocycles. The summed E-state index contributed by atoms with van der Waals surface area (Å²) in [6.07, 6.45) is 0. The third-order valence-electron chi connectivity index (χ3n) is 4.45. The van der Waals surface area contributed by atoms with Gasteiger partial charge in [0.15, 0.2) is 6.61 Å². The molecule has 3 rings (SSSR count). The third-order valence-corrected chi connectivity index (χ3v) is 4.45. The van der Waals surface area contributed by atoms with Crippen LogP contribution in [0, 0.1) is 25.5 Å². The summed E-state index contributed by atoms with van der Waals surface area (Å²) >= 11 is 0. The van der Waals surface area contributed by atoms with Crippen LogP contribution in [-0.4, -0.2) is 28.5 Å². The molecule has 29 heavy (non-hydrogen) atoms. The second-order valence-electron chi connectivity index (χ2n) is 6.63. The summed E-state index contributed by atoms with van der Waals surface area (Å²) in [6, 6.07) is 7.13. The Labute approximate surface area is 165 Å². The van der Waals surface area contributed by atoms with Crippen molar-refractivity contribution in [3.8, 4) is 0 Å². The number of nitrogens with zero attached hydrogens (tertiary/aromatic N) is 2. The molecule has 1 atom stereocenters. The lowest BCUT2D eigenvalue weighted by Crippen LogP contribution is -2.31. The van der Waals surface area contributed by atoms with Gasteiger partial charge in [0.05, 0.1) is 34.0 Å². The zero-order valence-corrected chi connectivity index (χ0v) is 16.1. The van der Waals surface area contributed by atoms with Crippen LogP contribution in [0.15, 0.2) is 36.4 Å². The predicted octanol–water partition coefficient (Wildman–Crippen LogP) is 3.56. The number of benzene rings is 2. The number of amides is 1. The third kappa shape index (κ3) is 4.71. The Morgan fingerprint density at radius 1 is 1.03 bits per heavy atom. The first-order chi connectivity index (χ1) is 13.7. The van der Waals surface area contributed by atoms with Crippen molar-refractivity contribution >= 4 is 22.9 Å². The largest absolute Gasteiger partial charge is 0.452 e. The van der Waals surface area contributed by atoms with E-state index in [9.17, 15) is 18.4 Å². The molecule has 3 aromatic rings. The number of aryl methyl sites for hydroxylation is 2. The van der Waals surface area contributed by atoms with Crippen molar-refractivity contribution in [2.75, 3.05) is 6.61 Å². The van der Waals surface area contributed by atoms with Crippen molar-refractivity contribution in [3.05, 3.63) is 70.5 Å². The summed E-state index contributed by atoms with van der Waals surface area (Å²) in [5.41, 5.74) is 3.12. The van der Waals surface area contributed by atoms with Crippen molar-refractivity contribution in [2.45, 2.75) is 26.8 Å². The van der Waals surface area contributed by atoms with Crippen molar-refractivity contribution in [1.82, 2.24) is 15.3 Å². The maximum absolute atomic E-state index is 13.8. The Bertz CT molecular complexity index is 1100. The Hall–Kier alpha value is -3.42. The second kappa shape index (κ2) is 8.30. The van der Waals surface area contributed by atoms with E-state index >= 15 is 0 Å². The average molecular weight is 399 g/mol. The van der Waals surface area contributed by atoms with Gasteiger partial charge < -0.3 is 10.1 Å². The molecule has 0 aliphatic heterocycles. The number of hydrogen-bond acceptors (Lipinski definition) is 5. The Morgan fingerprint density at radius 3 is 2.41 bits per heavy atom. The van der Waals surface area contributed by atoms with E-state index in [1.54, 1.807) is 25.1 Å². The molecule has 0 saturated carbocycles. The molecule has 0 fully saturated rings. The molecule has 0 unspecified atom stereocenters. The predicted molar refractivity (Wildman–Crippen MR) is 102 cm³/mol. The summed E-state index contributed by atoms with van der Waals surface area (Å²) in [4.78, 5) is 33.0. The fourth-order valence-corrected chi connectivity index (χ4v) is 2.79. The van der Waals surface area contributed by atoms with Gasteiger partial charge in [-0.25, -0.2) is 23.5 Å². The van der Waals surface area contributed by atoms with E-state index in [4.69, 9.17) is 4.74 Å². The van der Waals surface area contributed by atoms with Gasteiger partial charge in [0.1, 0.15) is 11.6 Å². The van der Waals surface area contributed by atoms with Gasteiger partial charge in [-0.05, 0) is 45.0 Å². The van der Waals surface area contributed by atoms with Crippen LogP contribution in [-0.2, 0) is 9.53 Å². The van der Waals surface area contributed by atoms with Crippen molar-refractivity contribution in [2.24, 2.45) is 0 Å². The van der Waals surface area contributed by atoms with Gasteiger partial charge in [-0.1, -0.05) is 6.07 Å². The zero-order chi connectivity index (χ0) is 21.1. The van der Waals surface area contributed by atoms with Crippen LogP contribution in [0.3, 0.4) is 0 Å². The van der Waals surface area contributed by atoms with Gasteiger partial charge in [0, 0.05) is 11.6 Å². The minimum Gasteiger partial charge on any atom is -0.452 e. The number of rotatable bonds is 5. The molecule has 0 bridgehead atoms. The summed E-state index contributed by atoms with van der Waals surface area (Å²) < 4.78 is 31.8. The van der Waals surface area contributed by atoms with E-state index in [0.717, 1.165) is 23.5 Å². The summed E-state index contributed by atoms with van der Waals surface area (Å²) in [5.74, 6) is -2.77. The minimum atomic E-state index is -0.766. The van der Waals surface area contributed by atoms with E-state index in [-0.39, 0.29) is 11.1 Å². The van der Waals surface area contributed by atoms with E-state index in [0.29, 0.717) is 11.0 Å². The number of halogens is 2. The van der Waals surface area contributed by atoms with Crippen LogP contribution in [0.5, 0.6) is 0 Å². The Kier molecular flexibility index (Phi) is 5.81. The highest BCUT2D eigenvalue weighted by Gasteiger charge is 2.16. The molecule has 0 saturated heterocycles. The lowest BCUT2D eigenvalue weighted by Gasteiger charge is -2.15. The molecule has 6 nitrogen and oxygen atoms in total. The van der Waals surface area contributed by atoms with Gasteiger partial charge in [-0.3, -0.25) is 4.79 Å². The normalized spacial score (nSPS) is 11.9. The van der Waals surface area contributed by atoms with E-state index in [1.165, 1.54) is 6.07 Å². The quantitative estimate of drug-likeness (QED) is 0.664. The average Bonchev–Trinajstić information content (AvgIpc) is 2.66. The van der Waals surface area contributed by atoms with Gasteiger partial charge in [-0.15, -0.1) is 0 Å². The number of ether oxygens (including phenoxy) is 1. The topological polar surface area (TPSA) is 81.2 Å². The highest BCUT2D eigenvalue weighted by molar-refractivity contribution is 5.94. The van der Waals surface area contributed by atoms with Gasteiger partial charge >= 0.3 is 5.97 Å². The summed E-state index contributed by atoms with van der Waals surface area (Å²) in [6.45, 7) is 4.68. The van der Waals surface area contributed by atoms with Crippen molar-refractivity contribution < 1.29 is 23.1 Å². The number of nitrogens with one attached hydrogen (secondary N) is 1. The van der Waals surface area contributed by atoms with E-state index in [1.807, 2.05) is 13.8 Å². The van der Waals surface area contributed by atoms with Crippen LogP contribution < -0.4 is 5.32 Å². The van der Waals surface area contributed by atoms with Crippen LogP contribution in [0.1, 0.15) is 40.3 Å². The van der Waals surface area contributed by atoms with E-state index < -0.39 is 36.2 Å². The number of aromatic nitrogens is 2. The molecule has 1 amide bonds. The highest BCUT2D eigenvalue weighted by atomic mass is 19.1. The lowest BCUT2D eigenvalue weighted by atomic mass is 10.1. The zero-order valence-electron chi connectivity index (χ0n) is 16.1. The van der Waals surface area contributed by atoms with Crippen LogP contribution in [0.25, 0.3) is 11.0 Å². The molecule has 8 heteroatoms. The molecule has 0 aliphatic carbocycles. The fourth-order valence-electron chi connectivity index (χ4n) is 2.79. The van der Waals surface area contributed by atoms with Gasteiger partial charge in [0.2, 0.25) is 0 Å². The molecule has 0 spiro atoms. The number of carbonyl (C=O) groups excluding carboxylic acids is 2. The van der Waals surface area contributed by atoms with Gasteiger partial charge in [0.25, 0.3) is 5.91 Å². The van der Waals surface area contributed by atoms with Crippen LogP contribution in [0.2, 0.25) is 0 Å². The Balaban J connectivity index is 1.61. The smallest absolute Gasteiger partial charge is 0.338 e. The fraction of sp³-hybridized carbons (Fsp3) is 0.238. The van der Waals surface area contributed by atoms with E-state index in [2.05, 4.69) is 15.3 Å². The molecular formula is C21H19F2N3O3. The number of carbonyl (C=O) groups is 2. The molecule has 1 heterocycles.